The number of ether oxygens (including phenoxy) is 1. The Kier molecular flexibility index (Phi) is 6.29. The molecule has 0 spiro atoms. The van der Waals surface area contributed by atoms with Crippen LogP contribution >= 0.6 is 0 Å². The fourth-order valence-corrected chi connectivity index (χ4v) is 2.29. The van der Waals surface area contributed by atoms with Crippen molar-refractivity contribution in [2.45, 2.75) is 13.8 Å². The molecule has 0 aliphatic rings. The van der Waals surface area contributed by atoms with Crippen LogP contribution in [0.4, 0.5) is 5.95 Å². The Labute approximate surface area is 138 Å². The third kappa shape index (κ3) is 4.63. The van der Waals surface area contributed by atoms with Gasteiger partial charge in [-0.3, -0.25) is 0 Å². The normalized spacial score (nSPS) is 10.8. The molecule has 0 radical (unpaired) electrons. The zero-order valence-electron chi connectivity index (χ0n) is 14.4. The van der Waals surface area contributed by atoms with E-state index in [1.165, 1.54) is 0 Å². The molecule has 0 unspecified atom stereocenters. The van der Waals surface area contributed by atoms with Gasteiger partial charge in [-0.25, -0.2) is 4.98 Å². The van der Waals surface area contributed by atoms with Crippen molar-refractivity contribution < 1.29 is 4.74 Å². The van der Waals surface area contributed by atoms with Crippen LogP contribution < -0.4 is 9.64 Å². The van der Waals surface area contributed by atoms with E-state index in [1.54, 1.807) is 13.3 Å². The summed E-state index contributed by atoms with van der Waals surface area (Å²) in [6.45, 7) is 8.30. The minimum Gasteiger partial charge on any atom is -0.497 e. The van der Waals surface area contributed by atoms with E-state index in [0.717, 1.165) is 43.2 Å². The van der Waals surface area contributed by atoms with E-state index in [2.05, 4.69) is 33.9 Å². The Morgan fingerprint density at radius 2 is 1.74 bits per heavy atom. The van der Waals surface area contributed by atoms with Crippen LogP contribution in [0.15, 0.2) is 30.5 Å². The predicted octanol–water partition coefficient (Wildman–Crippen LogP) is 2.33. The van der Waals surface area contributed by atoms with Crippen LogP contribution in [0.5, 0.6) is 5.75 Å². The summed E-state index contributed by atoms with van der Waals surface area (Å²) in [5.41, 5.74) is 1.81. The van der Waals surface area contributed by atoms with E-state index in [9.17, 15) is 0 Å². The highest BCUT2D eigenvalue weighted by Gasteiger charge is 2.09. The van der Waals surface area contributed by atoms with Crippen molar-refractivity contribution in [3.05, 3.63) is 30.5 Å². The molecule has 0 saturated heterocycles. The van der Waals surface area contributed by atoms with Crippen LogP contribution in [-0.4, -0.2) is 60.4 Å². The van der Waals surface area contributed by atoms with Gasteiger partial charge in [0.2, 0.25) is 5.95 Å². The highest BCUT2D eigenvalue weighted by Crippen LogP contribution is 2.20. The van der Waals surface area contributed by atoms with Crippen molar-refractivity contribution in [1.29, 1.82) is 0 Å². The fraction of sp³-hybridized carbons (Fsp3) is 0.471. The molecule has 2 rings (SSSR count). The first-order chi connectivity index (χ1) is 11.2. The van der Waals surface area contributed by atoms with Crippen LogP contribution in [0.3, 0.4) is 0 Å². The molecule has 0 bridgehead atoms. The number of rotatable bonds is 8. The topological polar surface area (TPSA) is 54.4 Å². The van der Waals surface area contributed by atoms with Gasteiger partial charge in [-0.15, -0.1) is 5.10 Å². The maximum Gasteiger partial charge on any atom is 0.245 e. The molecule has 0 aliphatic carbocycles. The maximum absolute atomic E-state index is 5.18. The van der Waals surface area contributed by atoms with Crippen molar-refractivity contribution >= 4 is 5.95 Å². The molecule has 0 N–H and O–H groups in total. The summed E-state index contributed by atoms with van der Waals surface area (Å²) in [6, 6.07) is 7.79. The van der Waals surface area contributed by atoms with Crippen molar-refractivity contribution in [3.8, 4) is 17.0 Å². The lowest BCUT2D eigenvalue weighted by atomic mass is 10.1. The zero-order chi connectivity index (χ0) is 16.7. The molecule has 6 heteroatoms. The van der Waals surface area contributed by atoms with Gasteiger partial charge in [0, 0.05) is 25.7 Å². The van der Waals surface area contributed by atoms with Crippen molar-refractivity contribution in [1.82, 2.24) is 20.1 Å². The lowest BCUT2D eigenvalue weighted by molar-refractivity contribution is 0.310. The third-order valence-electron chi connectivity index (χ3n) is 3.92. The predicted molar refractivity (Wildman–Crippen MR) is 92.9 cm³/mol. The van der Waals surface area contributed by atoms with Crippen LogP contribution in [0, 0.1) is 0 Å². The van der Waals surface area contributed by atoms with Crippen LogP contribution in [-0.2, 0) is 0 Å². The molecule has 0 saturated carbocycles. The third-order valence-corrected chi connectivity index (χ3v) is 3.92. The molecule has 1 aromatic heterocycles. The summed E-state index contributed by atoms with van der Waals surface area (Å²) < 4.78 is 5.18. The van der Waals surface area contributed by atoms with Gasteiger partial charge >= 0.3 is 0 Å². The molecule has 23 heavy (non-hydrogen) atoms. The summed E-state index contributed by atoms with van der Waals surface area (Å²) in [4.78, 5) is 9.03. The Morgan fingerprint density at radius 1 is 1.04 bits per heavy atom. The second-order valence-corrected chi connectivity index (χ2v) is 5.32. The second-order valence-electron chi connectivity index (χ2n) is 5.32. The molecule has 6 nitrogen and oxygen atoms in total. The standard InChI is InChI=1S/C17H25N5O/c1-5-22(6-2)12-11-21(3)17-19-16(13-18-20-17)14-7-9-15(23-4)10-8-14/h7-10,13H,5-6,11-12H2,1-4H3. The largest absolute Gasteiger partial charge is 0.497 e. The number of anilines is 1. The summed E-state index contributed by atoms with van der Waals surface area (Å²) in [6.07, 6.45) is 1.68. The van der Waals surface area contributed by atoms with Crippen molar-refractivity contribution in [2.24, 2.45) is 0 Å². The number of aromatic nitrogens is 3. The quantitative estimate of drug-likeness (QED) is 0.745. The smallest absolute Gasteiger partial charge is 0.245 e. The van der Waals surface area contributed by atoms with Gasteiger partial charge in [0.1, 0.15) is 5.75 Å². The molecule has 0 atom stereocenters. The average Bonchev–Trinajstić information content (AvgIpc) is 2.62. The summed E-state index contributed by atoms with van der Waals surface area (Å²) in [5.74, 6) is 1.47. The summed E-state index contributed by atoms with van der Waals surface area (Å²) in [7, 11) is 3.66. The van der Waals surface area contributed by atoms with Crippen LogP contribution in [0.2, 0.25) is 0 Å². The summed E-state index contributed by atoms with van der Waals surface area (Å²) in [5, 5.41) is 8.24. The first kappa shape index (κ1) is 17.1. The van der Waals surface area contributed by atoms with E-state index in [1.807, 2.05) is 36.2 Å². The van der Waals surface area contributed by atoms with E-state index >= 15 is 0 Å². The van der Waals surface area contributed by atoms with Gasteiger partial charge in [-0.2, -0.15) is 5.10 Å². The first-order valence-electron chi connectivity index (χ1n) is 7.95. The van der Waals surface area contributed by atoms with Gasteiger partial charge in [0.25, 0.3) is 0 Å². The van der Waals surface area contributed by atoms with Gasteiger partial charge in [-0.05, 0) is 37.4 Å². The van der Waals surface area contributed by atoms with Crippen LogP contribution in [0.25, 0.3) is 11.3 Å². The number of hydrogen-bond donors (Lipinski definition) is 0. The number of hydrogen-bond acceptors (Lipinski definition) is 6. The average molecular weight is 315 g/mol. The molecule has 0 amide bonds. The molecular formula is C17H25N5O. The number of nitrogens with zero attached hydrogens (tertiary/aromatic N) is 5. The van der Waals surface area contributed by atoms with E-state index in [0.29, 0.717) is 5.95 Å². The zero-order valence-corrected chi connectivity index (χ0v) is 14.4. The molecule has 0 fully saturated rings. The SMILES string of the molecule is CCN(CC)CCN(C)c1nncc(-c2ccc(OC)cc2)n1. The molecule has 1 heterocycles. The molecule has 1 aromatic carbocycles. The molecule has 0 aliphatic heterocycles. The minimum absolute atomic E-state index is 0.644. The fourth-order valence-electron chi connectivity index (χ4n) is 2.29. The monoisotopic (exact) mass is 315 g/mol. The summed E-state index contributed by atoms with van der Waals surface area (Å²) >= 11 is 0. The Bertz CT molecular complexity index is 598. The second kappa shape index (κ2) is 8.43. The Balaban J connectivity index is 2.09. The van der Waals surface area contributed by atoms with Gasteiger partial charge in [0.05, 0.1) is 19.0 Å². The van der Waals surface area contributed by atoms with E-state index < -0.39 is 0 Å². The van der Waals surface area contributed by atoms with E-state index in [4.69, 9.17) is 4.74 Å². The number of likely N-dealkylation sites (N-methyl/N-ethyl adjacent to an activating group) is 2. The van der Waals surface area contributed by atoms with Crippen molar-refractivity contribution in [2.75, 3.05) is 45.2 Å². The molecule has 124 valence electrons. The van der Waals surface area contributed by atoms with Crippen molar-refractivity contribution in [3.63, 3.8) is 0 Å². The number of benzene rings is 1. The Morgan fingerprint density at radius 3 is 2.35 bits per heavy atom. The Hall–Kier alpha value is -2.21. The minimum atomic E-state index is 0.644. The lowest BCUT2D eigenvalue weighted by Gasteiger charge is -2.23. The van der Waals surface area contributed by atoms with Gasteiger partial charge in [0.15, 0.2) is 0 Å². The first-order valence-corrected chi connectivity index (χ1v) is 7.95. The molecular weight excluding hydrogens is 290 g/mol. The highest BCUT2D eigenvalue weighted by atomic mass is 16.5. The van der Waals surface area contributed by atoms with E-state index in [-0.39, 0.29) is 0 Å². The highest BCUT2D eigenvalue weighted by molar-refractivity contribution is 5.60. The van der Waals surface area contributed by atoms with Crippen LogP contribution in [0.1, 0.15) is 13.8 Å². The molecule has 2 aromatic rings. The maximum atomic E-state index is 5.18. The number of methoxy groups -OCH3 is 1. The van der Waals surface area contributed by atoms with Gasteiger partial charge < -0.3 is 14.5 Å². The van der Waals surface area contributed by atoms with Gasteiger partial charge in [-0.1, -0.05) is 13.8 Å². The lowest BCUT2D eigenvalue weighted by Crippen LogP contribution is -2.33.